The second-order valence-electron chi connectivity index (χ2n) is 6.53. The lowest BCUT2D eigenvalue weighted by molar-refractivity contribution is 0.566. The molecular weight excluding hydrogens is 471 g/mol. The topological polar surface area (TPSA) is 67.1 Å². The molecule has 2 aromatic heterocycles. The van der Waals surface area contributed by atoms with E-state index in [1.807, 2.05) is 6.92 Å². The summed E-state index contributed by atoms with van der Waals surface area (Å²) >= 11 is 1.76. The van der Waals surface area contributed by atoms with Gasteiger partial charge < -0.3 is 10.6 Å². The highest BCUT2D eigenvalue weighted by Gasteiger charge is 2.02. The molecule has 0 aromatic carbocycles. The van der Waals surface area contributed by atoms with Crippen molar-refractivity contribution in [1.29, 1.82) is 0 Å². The van der Waals surface area contributed by atoms with Crippen LogP contribution in [0.15, 0.2) is 16.4 Å². The molecular formula is C19H33IN6S. The number of hydrogen-bond donors (Lipinski definition) is 2. The van der Waals surface area contributed by atoms with Crippen molar-refractivity contribution in [2.45, 2.75) is 59.9 Å². The van der Waals surface area contributed by atoms with Crippen molar-refractivity contribution in [2.24, 2.45) is 4.99 Å². The lowest BCUT2D eigenvalue weighted by atomic mass is 10.2. The van der Waals surface area contributed by atoms with Crippen LogP contribution in [0, 0.1) is 20.8 Å². The number of aromatic nitrogens is 3. The molecule has 0 fully saturated rings. The molecule has 6 nitrogen and oxygen atoms in total. The smallest absolute Gasteiger partial charge is 0.191 e. The van der Waals surface area contributed by atoms with Crippen LogP contribution in [0.5, 0.6) is 0 Å². The Bertz CT molecular complexity index is 694. The van der Waals surface area contributed by atoms with Gasteiger partial charge in [-0.25, -0.2) is 4.98 Å². The van der Waals surface area contributed by atoms with Crippen LogP contribution in [0.1, 0.15) is 48.3 Å². The zero-order chi connectivity index (χ0) is 18.8. The fourth-order valence-electron chi connectivity index (χ4n) is 2.78. The second-order valence-corrected chi connectivity index (χ2v) is 7.47. The van der Waals surface area contributed by atoms with Gasteiger partial charge in [-0.15, -0.1) is 35.3 Å². The van der Waals surface area contributed by atoms with Crippen molar-refractivity contribution in [3.8, 4) is 0 Å². The summed E-state index contributed by atoms with van der Waals surface area (Å²) in [5.41, 5.74) is 3.42. The predicted molar refractivity (Wildman–Crippen MR) is 126 cm³/mol. The van der Waals surface area contributed by atoms with Crippen LogP contribution in [-0.2, 0) is 13.0 Å². The zero-order valence-electron chi connectivity index (χ0n) is 16.9. The number of nitrogens with one attached hydrogen (secondary N) is 2. The lowest BCUT2D eigenvalue weighted by Crippen LogP contribution is -2.37. The Balaban J connectivity index is 0.00000364. The Morgan fingerprint density at radius 3 is 2.59 bits per heavy atom. The Labute approximate surface area is 184 Å². The molecule has 0 aliphatic heterocycles. The number of unbranched alkanes of at least 4 members (excludes halogenated alkanes) is 1. The Hall–Kier alpha value is -1.16. The second kappa shape index (κ2) is 13.1. The molecule has 0 saturated carbocycles. The summed E-state index contributed by atoms with van der Waals surface area (Å²) in [6.45, 7) is 11.8. The van der Waals surface area contributed by atoms with Crippen molar-refractivity contribution in [3.63, 3.8) is 0 Å². The highest BCUT2D eigenvalue weighted by molar-refractivity contribution is 14.0. The molecule has 0 saturated heterocycles. The van der Waals surface area contributed by atoms with Gasteiger partial charge in [-0.2, -0.15) is 5.10 Å². The van der Waals surface area contributed by atoms with Gasteiger partial charge in [0.1, 0.15) is 0 Å². The Morgan fingerprint density at radius 2 is 1.96 bits per heavy atom. The van der Waals surface area contributed by atoms with E-state index in [1.54, 1.807) is 11.3 Å². The van der Waals surface area contributed by atoms with Crippen molar-refractivity contribution in [3.05, 3.63) is 33.5 Å². The minimum absolute atomic E-state index is 0. The monoisotopic (exact) mass is 504 g/mol. The van der Waals surface area contributed by atoms with Crippen molar-refractivity contribution in [1.82, 2.24) is 25.4 Å². The standard InChI is InChI=1S/C19H32N6S.HI/c1-5-20-19(21-10-7-6-9-18-23-16(3)14-26-18)22-11-8-12-25-17(4)13-15(2)24-25;/h13-14H,5-12H2,1-4H3,(H2,20,21,22);1H. The summed E-state index contributed by atoms with van der Waals surface area (Å²) in [6.07, 6.45) is 4.32. The van der Waals surface area contributed by atoms with E-state index in [1.165, 1.54) is 10.7 Å². The SMILES string of the molecule is CCNC(=NCCCn1nc(C)cc1C)NCCCCc1nc(C)cs1.I. The lowest BCUT2D eigenvalue weighted by Gasteiger charge is -2.11. The molecule has 0 amide bonds. The first-order valence-electron chi connectivity index (χ1n) is 9.52. The average Bonchev–Trinajstić information content (AvgIpc) is 3.15. The first-order chi connectivity index (χ1) is 12.6. The fourth-order valence-corrected chi connectivity index (χ4v) is 3.60. The largest absolute Gasteiger partial charge is 0.357 e. The van der Waals surface area contributed by atoms with Crippen LogP contribution < -0.4 is 10.6 Å². The van der Waals surface area contributed by atoms with E-state index in [0.29, 0.717) is 0 Å². The van der Waals surface area contributed by atoms with E-state index in [2.05, 4.69) is 62.6 Å². The van der Waals surface area contributed by atoms with Gasteiger partial charge >= 0.3 is 0 Å². The number of aryl methyl sites for hydroxylation is 5. The van der Waals surface area contributed by atoms with Crippen molar-refractivity contribution < 1.29 is 0 Å². The Morgan fingerprint density at radius 1 is 1.15 bits per heavy atom. The molecule has 27 heavy (non-hydrogen) atoms. The third-order valence-corrected chi connectivity index (χ3v) is 5.05. The molecule has 2 heterocycles. The summed E-state index contributed by atoms with van der Waals surface area (Å²) in [4.78, 5) is 9.18. The molecule has 0 aliphatic carbocycles. The zero-order valence-corrected chi connectivity index (χ0v) is 20.1. The van der Waals surface area contributed by atoms with Crippen LogP contribution in [0.25, 0.3) is 0 Å². The van der Waals surface area contributed by atoms with E-state index in [9.17, 15) is 0 Å². The van der Waals surface area contributed by atoms with Gasteiger partial charge in [-0.05, 0) is 59.4 Å². The maximum Gasteiger partial charge on any atom is 0.191 e. The normalized spacial score (nSPS) is 11.3. The molecule has 2 rings (SSSR count). The molecule has 2 aromatic rings. The highest BCUT2D eigenvalue weighted by atomic mass is 127. The highest BCUT2D eigenvalue weighted by Crippen LogP contribution is 2.11. The summed E-state index contributed by atoms with van der Waals surface area (Å²) in [5.74, 6) is 0.908. The minimum atomic E-state index is 0. The molecule has 0 aliphatic rings. The Kier molecular flexibility index (Phi) is 11.6. The molecule has 8 heteroatoms. The number of aliphatic imine (C=N–C) groups is 1. The van der Waals surface area contributed by atoms with Gasteiger partial charge in [0.15, 0.2) is 5.96 Å². The number of halogens is 1. The van der Waals surface area contributed by atoms with Crippen LogP contribution >= 0.6 is 35.3 Å². The van der Waals surface area contributed by atoms with E-state index in [-0.39, 0.29) is 24.0 Å². The summed E-state index contributed by atoms with van der Waals surface area (Å²) in [6, 6.07) is 2.11. The number of nitrogens with zero attached hydrogens (tertiary/aromatic N) is 4. The quantitative estimate of drug-likeness (QED) is 0.223. The van der Waals surface area contributed by atoms with Gasteiger partial charge in [-0.3, -0.25) is 9.67 Å². The number of hydrogen-bond acceptors (Lipinski definition) is 4. The molecule has 0 radical (unpaired) electrons. The molecule has 2 N–H and O–H groups in total. The maximum atomic E-state index is 4.67. The van der Waals surface area contributed by atoms with Gasteiger partial charge in [0.25, 0.3) is 0 Å². The maximum absolute atomic E-state index is 4.67. The van der Waals surface area contributed by atoms with Crippen LogP contribution in [0.3, 0.4) is 0 Å². The van der Waals surface area contributed by atoms with Gasteiger partial charge in [0.2, 0.25) is 0 Å². The van der Waals surface area contributed by atoms with E-state index < -0.39 is 0 Å². The third-order valence-electron chi connectivity index (χ3n) is 4.02. The molecule has 152 valence electrons. The first-order valence-corrected chi connectivity index (χ1v) is 10.4. The van der Waals surface area contributed by atoms with Crippen molar-refractivity contribution in [2.75, 3.05) is 19.6 Å². The van der Waals surface area contributed by atoms with Gasteiger partial charge in [0, 0.05) is 42.9 Å². The molecule has 0 spiro atoms. The van der Waals surface area contributed by atoms with E-state index >= 15 is 0 Å². The molecule has 0 atom stereocenters. The third kappa shape index (κ3) is 9.05. The summed E-state index contributed by atoms with van der Waals surface area (Å²) < 4.78 is 2.06. The fraction of sp³-hybridized carbons (Fsp3) is 0.632. The van der Waals surface area contributed by atoms with Gasteiger partial charge in [0.05, 0.1) is 10.7 Å². The van der Waals surface area contributed by atoms with Crippen LogP contribution in [-0.4, -0.2) is 40.4 Å². The van der Waals surface area contributed by atoms with E-state index in [4.69, 9.17) is 0 Å². The predicted octanol–water partition coefficient (Wildman–Crippen LogP) is 3.85. The van der Waals surface area contributed by atoms with Crippen molar-refractivity contribution >= 4 is 41.3 Å². The summed E-state index contributed by atoms with van der Waals surface area (Å²) in [7, 11) is 0. The average molecular weight is 504 g/mol. The van der Waals surface area contributed by atoms with Crippen LogP contribution in [0.4, 0.5) is 0 Å². The molecule has 0 bridgehead atoms. The van der Waals surface area contributed by atoms with Gasteiger partial charge in [-0.1, -0.05) is 0 Å². The minimum Gasteiger partial charge on any atom is -0.357 e. The number of rotatable bonds is 10. The summed E-state index contributed by atoms with van der Waals surface area (Å²) in [5, 5.41) is 14.6. The van der Waals surface area contributed by atoms with Crippen LogP contribution in [0.2, 0.25) is 0 Å². The number of guanidine groups is 1. The number of thiazole rings is 1. The molecule has 0 unspecified atom stereocenters. The van der Waals surface area contributed by atoms with E-state index in [0.717, 1.165) is 69.2 Å². The first kappa shape index (κ1) is 23.9.